The molecule has 110 valence electrons. The number of anilines is 1. The van der Waals surface area contributed by atoms with Crippen LogP contribution >= 0.6 is 0 Å². The maximum Gasteiger partial charge on any atom is 0.256 e. The number of nitrogens with zero attached hydrogens (tertiary/aromatic N) is 1. The maximum atomic E-state index is 12.7. The Labute approximate surface area is 121 Å². The number of hydrogen-bond acceptors (Lipinski definition) is 3. The fourth-order valence-electron chi connectivity index (χ4n) is 2.67. The van der Waals surface area contributed by atoms with Gasteiger partial charge in [-0.25, -0.2) is 0 Å². The number of amides is 1. The first-order valence-electron chi connectivity index (χ1n) is 7.32. The van der Waals surface area contributed by atoms with Gasteiger partial charge in [0.15, 0.2) is 0 Å². The van der Waals surface area contributed by atoms with Crippen molar-refractivity contribution in [2.45, 2.75) is 32.8 Å². The summed E-state index contributed by atoms with van der Waals surface area (Å²) >= 11 is 0. The molecule has 0 aromatic heterocycles. The summed E-state index contributed by atoms with van der Waals surface area (Å²) in [4.78, 5) is 14.6. The van der Waals surface area contributed by atoms with Gasteiger partial charge in [0, 0.05) is 32.4 Å². The van der Waals surface area contributed by atoms with Gasteiger partial charge in [-0.1, -0.05) is 11.6 Å². The molecule has 1 saturated heterocycles. The third kappa shape index (κ3) is 3.31. The van der Waals surface area contributed by atoms with Crippen molar-refractivity contribution in [2.24, 2.45) is 0 Å². The SMILES string of the molecule is CCNc1ccc(C)cc1C(=O)N1CCCC(OC)C1. The standard InChI is InChI=1S/C16H24N2O2/c1-4-17-15-8-7-12(2)10-14(15)16(19)18-9-5-6-13(11-18)20-3/h7-8,10,13,17H,4-6,9,11H2,1-3H3. The predicted molar refractivity (Wildman–Crippen MR) is 81.3 cm³/mol. The van der Waals surface area contributed by atoms with E-state index in [1.807, 2.05) is 36.9 Å². The summed E-state index contributed by atoms with van der Waals surface area (Å²) in [6, 6.07) is 5.99. The van der Waals surface area contributed by atoms with Gasteiger partial charge in [-0.2, -0.15) is 0 Å². The van der Waals surface area contributed by atoms with Crippen molar-refractivity contribution in [3.8, 4) is 0 Å². The molecule has 1 atom stereocenters. The lowest BCUT2D eigenvalue weighted by Gasteiger charge is -2.32. The van der Waals surface area contributed by atoms with E-state index in [0.717, 1.165) is 42.7 Å². The molecule has 0 bridgehead atoms. The average Bonchev–Trinajstić information content (AvgIpc) is 2.48. The van der Waals surface area contributed by atoms with Crippen LogP contribution in [0.2, 0.25) is 0 Å². The summed E-state index contributed by atoms with van der Waals surface area (Å²) in [6.45, 7) is 6.37. The zero-order valence-corrected chi connectivity index (χ0v) is 12.6. The minimum absolute atomic E-state index is 0.103. The highest BCUT2D eigenvalue weighted by molar-refractivity contribution is 6.00. The van der Waals surface area contributed by atoms with E-state index in [1.165, 1.54) is 0 Å². The van der Waals surface area contributed by atoms with E-state index in [1.54, 1.807) is 7.11 Å². The van der Waals surface area contributed by atoms with Crippen molar-refractivity contribution in [2.75, 3.05) is 32.1 Å². The van der Waals surface area contributed by atoms with Gasteiger partial charge < -0.3 is 15.0 Å². The van der Waals surface area contributed by atoms with E-state index in [-0.39, 0.29) is 12.0 Å². The van der Waals surface area contributed by atoms with Crippen LogP contribution in [-0.4, -0.2) is 43.7 Å². The third-order valence-electron chi connectivity index (χ3n) is 3.77. The number of ether oxygens (including phenoxy) is 1. The highest BCUT2D eigenvalue weighted by Crippen LogP contribution is 2.22. The highest BCUT2D eigenvalue weighted by atomic mass is 16.5. The molecule has 0 saturated carbocycles. The van der Waals surface area contributed by atoms with E-state index in [0.29, 0.717) is 6.54 Å². The van der Waals surface area contributed by atoms with Crippen LogP contribution in [0, 0.1) is 6.92 Å². The van der Waals surface area contributed by atoms with Crippen LogP contribution < -0.4 is 5.32 Å². The van der Waals surface area contributed by atoms with Gasteiger partial charge in [-0.15, -0.1) is 0 Å². The van der Waals surface area contributed by atoms with Crippen LogP contribution in [0.3, 0.4) is 0 Å². The molecule has 1 N–H and O–H groups in total. The molecule has 4 nitrogen and oxygen atoms in total. The molecule has 20 heavy (non-hydrogen) atoms. The van der Waals surface area contributed by atoms with Crippen LogP contribution in [0.15, 0.2) is 18.2 Å². The van der Waals surface area contributed by atoms with E-state index < -0.39 is 0 Å². The summed E-state index contributed by atoms with van der Waals surface area (Å²) in [5.41, 5.74) is 2.79. The molecule has 0 aliphatic carbocycles. The van der Waals surface area contributed by atoms with Gasteiger partial charge in [0.1, 0.15) is 0 Å². The van der Waals surface area contributed by atoms with Gasteiger partial charge in [0.2, 0.25) is 0 Å². The second-order valence-electron chi connectivity index (χ2n) is 5.33. The van der Waals surface area contributed by atoms with Gasteiger partial charge in [-0.05, 0) is 38.8 Å². The molecule has 0 radical (unpaired) electrons. The molecular weight excluding hydrogens is 252 g/mol. The topological polar surface area (TPSA) is 41.6 Å². The first kappa shape index (κ1) is 14.9. The second-order valence-corrected chi connectivity index (χ2v) is 5.33. The Balaban J connectivity index is 2.21. The first-order valence-corrected chi connectivity index (χ1v) is 7.32. The quantitative estimate of drug-likeness (QED) is 0.919. The van der Waals surface area contributed by atoms with E-state index in [2.05, 4.69) is 5.32 Å². The molecule has 1 aliphatic rings. The van der Waals surface area contributed by atoms with Crippen molar-refractivity contribution >= 4 is 11.6 Å². The summed E-state index contributed by atoms with van der Waals surface area (Å²) in [7, 11) is 1.72. The number of carbonyl (C=O) groups excluding carboxylic acids is 1. The number of nitrogens with one attached hydrogen (secondary N) is 1. The molecule has 2 rings (SSSR count). The zero-order chi connectivity index (χ0) is 14.5. The number of benzene rings is 1. The molecule has 4 heteroatoms. The number of carbonyl (C=O) groups is 1. The molecule has 0 spiro atoms. The smallest absolute Gasteiger partial charge is 0.256 e. The Morgan fingerprint density at radius 1 is 1.50 bits per heavy atom. The van der Waals surface area contributed by atoms with Crippen LogP contribution in [0.1, 0.15) is 35.7 Å². The lowest BCUT2D eigenvalue weighted by atomic mass is 10.0. The Morgan fingerprint density at radius 3 is 3.00 bits per heavy atom. The average molecular weight is 276 g/mol. The van der Waals surface area contributed by atoms with E-state index in [4.69, 9.17) is 4.74 Å². The summed E-state index contributed by atoms with van der Waals surface area (Å²) in [5.74, 6) is 0.103. The lowest BCUT2D eigenvalue weighted by Crippen LogP contribution is -2.43. The van der Waals surface area contributed by atoms with Gasteiger partial charge >= 0.3 is 0 Å². The van der Waals surface area contributed by atoms with Crippen molar-refractivity contribution in [3.63, 3.8) is 0 Å². The largest absolute Gasteiger partial charge is 0.385 e. The summed E-state index contributed by atoms with van der Waals surface area (Å²) in [5, 5.41) is 3.27. The molecule has 1 aromatic carbocycles. The van der Waals surface area contributed by atoms with Crippen LogP contribution in [0.5, 0.6) is 0 Å². The molecule has 1 amide bonds. The van der Waals surface area contributed by atoms with Crippen LogP contribution in [-0.2, 0) is 4.74 Å². The summed E-state index contributed by atoms with van der Waals surface area (Å²) < 4.78 is 5.40. The fraction of sp³-hybridized carbons (Fsp3) is 0.562. The highest BCUT2D eigenvalue weighted by Gasteiger charge is 2.25. The lowest BCUT2D eigenvalue weighted by molar-refractivity contribution is 0.0269. The first-order chi connectivity index (χ1) is 9.65. The number of likely N-dealkylation sites (tertiary alicyclic amines) is 1. The second kappa shape index (κ2) is 6.75. The molecule has 1 aromatic rings. The molecular formula is C16H24N2O2. The van der Waals surface area contributed by atoms with Crippen LogP contribution in [0.4, 0.5) is 5.69 Å². The van der Waals surface area contributed by atoms with E-state index >= 15 is 0 Å². The van der Waals surface area contributed by atoms with Gasteiger partial charge in [0.25, 0.3) is 5.91 Å². The Kier molecular flexibility index (Phi) is 5.01. The minimum Gasteiger partial charge on any atom is -0.385 e. The van der Waals surface area contributed by atoms with Crippen molar-refractivity contribution < 1.29 is 9.53 Å². The normalized spacial score (nSPS) is 18.9. The Hall–Kier alpha value is -1.55. The van der Waals surface area contributed by atoms with Crippen molar-refractivity contribution in [1.29, 1.82) is 0 Å². The fourth-order valence-corrected chi connectivity index (χ4v) is 2.67. The molecule has 1 heterocycles. The Morgan fingerprint density at radius 2 is 2.30 bits per heavy atom. The van der Waals surface area contributed by atoms with Crippen LogP contribution in [0.25, 0.3) is 0 Å². The predicted octanol–water partition coefficient (Wildman–Crippen LogP) is 2.68. The number of rotatable bonds is 4. The number of methoxy groups -OCH3 is 1. The van der Waals surface area contributed by atoms with E-state index in [9.17, 15) is 4.79 Å². The number of piperidine rings is 1. The third-order valence-corrected chi connectivity index (χ3v) is 3.77. The zero-order valence-electron chi connectivity index (χ0n) is 12.6. The summed E-state index contributed by atoms with van der Waals surface area (Å²) in [6.07, 6.45) is 2.21. The van der Waals surface area contributed by atoms with Crippen molar-refractivity contribution in [3.05, 3.63) is 29.3 Å². The molecule has 1 unspecified atom stereocenters. The number of hydrogen-bond donors (Lipinski definition) is 1. The van der Waals surface area contributed by atoms with Gasteiger partial charge in [-0.3, -0.25) is 4.79 Å². The maximum absolute atomic E-state index is 12.7. The minimum atomic E-state index is 0.103. The molecule has 1 fully saturated rings. The van der Waals surface area contributed by atoms with Gasteiger partial charge in [0.05, 0.1) is 11.7 Å². The molecule has 1 aliphatic heterocycles. The monoisotopic (exact) mass is 276 g/mol. The Bertz CT molecular complexity index is 474. The number of aryl methyl sites for hydroxylation is 1. The van der Waals surface area contributed by atoms with Crippen molar-refractivity contribution in [1.82, 2.24) is 4.90 Å².